The molecule has 0 unspecified atom stereocenters. The molecule has 184 valence electrons. The van der Waals surface area contributed by atoms with Crippen molar-refractivity contribution >= 4 is 46.7 Å². The first-order valence-electron chi connectivity index (χ1n) is 10.8. The summed E-state index contributed by atoms with van der Waals surface area (Å²) in [6, 6.07) is 13.1. The van der Waals surface area contributed by atoms with E-state index in [1.165, 1.54) is 35.2 Å². The normalized spacial score (nSPS) is 15.1. The minimum atomic E-state index is -1.28. The number of aromatic nitrogens is 1. The molecule has 4 N–H and O–H groups in total. The summed E-state index contributed by atoms with van der Waals surface area (Å²) in [5, 5.41) is 24.0. The van der Waals surface area contributed by atoms with E-state index in [9.17, 15) is 24.3 Å². The number of hydrogen-bond donors (Lipinski definition) is 4. The number of aliphatic hydroxyl groups excluding tert-OH is 1. The number of carbonyl (C=O) groups excluding carboxylic acids is 3. The molecule has 0 aliphatic carbocycles. The Kier molecular flexibility index (Phi) is 7.28. The molecular formula is C25H21ClN4O6. The van der Waals surface area contributed by atoms with E-state index >= 15 is 0 Å². The molecule has 36 heavy (non-hydrogen) atoms. The molecule has 3 amide bonds. The van der Waals surface area contributed by atoms with Crippen molar-refractivity contribution in [2.45, 2.75) is 19.0 Å². The van der Waals surface area contributed by atoms with Crippen molar-refractivity contribution in [3.05, 3.63) is 88.2 Å². The van der Waals surface area contributed by atoms with Gasteiger partial charge in [-0.25, -0.2) is 4.79 Å². The third-order valence-electron chi connectivity index (χ3n) is 5.62. The van der Waals surface area contributed by atoms with Gasteiger partial charge in [0.2, 0.25) is 11.8 Å². The summed E-state index contributed by atoms with van der Waals surface area (Å²) in [7, 11) is 0. The van der Waals surface area contributed by atoms with Crippen LogP contribution >= 0.6 is 11.6 Å². The van der Waals surface area contributed by atoms with Crippen molar-refractivity contribution < 1.29 is 29.4 Å². The summed E-state index contributed by atoms with van der Waals surface area (Å²) in [4.78, 5) is 55.9. The van der Waals surface area contributed by atoms with Gasteiger partial charge in [-0.3, -0.25) is 19.4 Å². The maximum absolute atomic E-state index is 13.7. The molecule has 0 fully saturated rings. The van der Waals surface area contributed by atoms with Crippen LogP contribution in [0.15, 0.2) is 60.8 Å². The quantitative estimate of drug-likeness (QED) is 0.383. The highest BCUT2D eigenvalue weighted by Crippen LogP contribution is 2.29. The van der Waals surface area contributed by atoms with E-state index in [-0.39, 0.29) is 35.5 Å². The highest BCUT2D eigenvalue weighted by molar-refractivity contribution is 6.31. The van der Waals surface area contributed by atoms with Gasteiger partial charge < -0.3 is 25.7 Å². The summed E-state index contributed by atoms with van der Waals surface area (Å²) in [6.07, 6.45) is 1.72. The van der Waals surface area contributed by atoms with E-state index in [0.29, 0.717) is 16.3 Å². The second kappa shape index (κ2) is 10.5. The molecule has 0 saturated carbocycles. The van der Waals surface area contributed by atoms with E-state index in [4.69, 9.17) is 16.7 Å². The molecular weight excluding hydrogens is 488 g/mol. The van der Waals surface area contributed by atoms with Crippen LogP contribution in [0.25, 0.3) is 0 Å². The number of anilines is 2. The average molecular weight is 509 g/mol. The second-order valence-corrected chi connectivity index (χ2v) is 8.48. The fourth-order valence-electron chi connectivity index (χ4n) is 3.93. The number of aliphatic hydroxyl groups is 1. The number of rotatable bonds is 7. The number of halogens is 1. The average Bonchev–Trinajstić information content (AvgIpc) is 2.94. The predicted octanol–water partition coefficient (Wildman–Crippen LogP) is 2.57. The van der Waals surface area contributed by atoms with Crippen LogP contribution < -0.4 is 10.6 Å². The van der Waals surface area contributed by atoms with E-state index in [1.54, 1.807) is 30.5 Å². The number of fused-ring (bicyclic) bond motifs is 1. The van der Waals surface area contributed by atoms with Gasteiger partial charge in [0.25, 0.3) is 5.91 Å². The fourth-order valence-corrected chi connectivity index (χ4v) is 4.10. The monoisotopic (exact) mass is 508 g/mol. The highest BCUT2D eigenvalue weighted by Gasteiger charge is 2.36. The Morgan fingerprint density at radius 3 is 2.61 bits per heavy atom. The SMILES string of the molecule is O=C(CO)Nc1cc(CN2C(=O)c3ccc(Cl)cc3NC(=O)[C@H]2Cc2ccccn2)ccc1C(=O)O. The Morgan fingerprint density at radius 2 is 1.92 bits per heavy atom. The molecule has 0 spiro atoms. The van der Waals surface area contributed by atoms with Crippen molar-refractivity contribution in [1.29, 1.82) is 0 Å². The van der Waals surface area contributed by atoms with Crippen LogP contribution in [0.1, 0.15) is 32.0 Å². The lowest BCUT2D eigenvalue weighted by molar-refractivity contribution is -0.120. The second-order valence-electron chi connectivity index (χ2n) is 8.04. The van der Waals surface area contributed by atoms with Crippen LogP contribution in [0.5, 0.6) is 0 Å². The van der Waals surface area contributed by atoms with Crippen molar-refractivity contribution in [3.63, 3.8) is 0 Å². The van der Waals surface area contributed by atoms with Gasteiger partial charge >= 0.3 is 5.97 Å². The number of carbonyl (C=O) groups is 4. The number of pyridine rings is 1. The van der Waals surface area contributed by atoms with Crippen LogP contribution in [0.4, 0.5) is 11.4 Å². The predicted molar refractivity (Wildman–Crippen MR) is 131 cm³/mol. The van der Waals surface area contributed by atoms with Crippen LogP contribution in [-0.4, -0.2) is 56.4 Å². The lowest BCUT2D eigenvalue weighted by atomic mass is 10.0. The molecule has 2 heterocycles. The van der Waals surface area contributed by atoms with Crippen LogP contribution in [0.2, 0.25) is 5.02 Å². The Bertz CT molecular complexity index is 1350. The van der Waals surface area contributed by atoms with Gasteiger partial charge in [-0.2, -0.15) is 0 Å². The van der Waals surface area contributed by atoms with E-state index in [0.717, 1.165) is 0 Å². The number of aromatic carboxylic acids is 1. The van der Waals surface area contributed by atoms with Gasteiger partial charge in [0.05, 0.1) is 22.5 Å². The Morgan fingerprint density at radius 1 is 1.11 bits per heavy atom. The summed E-state index contributed by atoms with van der Waals surface area (Å²) < 4.78 is 0. The van der Waals surface area contributed by atoms with Gasteiger partial charge in [0.15, 0.2) is 0 Å². The van der Waals surface area contributed by atoms with Crippen molar-refractivity contribution in [2.75, 3.05) is 17.2 Å². The molecule has 0 saturated heterocycles. The lowest BCUT2D eigenvalue weighted by Gasteiger charge is -2.29. The lowest BCUT2D eigenvalue weighted by Crippen LogP contribution is -2.46. The smallest absolute Gasteiger partial charge is 0.337 e. The number of carboxylic acid groups (broad SMARTS) is 1. The Labute approximate surface area is 210 Å². The third-order valence-corrected chi connectivity index (χ3v) is 5.86. The molecule has 0 bridgehead atoms. The zero-order valence-corrected chi connectivity index (χ0v) is 19.5. The van der Waals surface area contributed by atoms with E-state index in [1.807, 2.05) is 0 Å². The van der Waals surface area contributed by atoms with Crippen LogP contribution in [0, 0.1) is 0 Å². The summed E-state index contributed by atoms with van der Waals surface area (Å²) in [6.45, 7) is -0.909. The van der Waals surface area contributed by atoms with Gasteiger partial charge in [0, 0.05) is 29.9 Å². The number of carboxylic acids is 1. The van der Waals surface area contributed by atoms with Gasteiger partial charge in [-0.1, -0.05) is 23.7 Å². The van der Waals surface area contributed by atoms with Crippen molar-refractivity contribution in [1.82, 2.24) is 9.88 Å². The minimum absolute atomic E-state index is 0.0424. The minimum Gasteiger partial charge on any atom is -0.478 e. The molecule has 11 heteroatoms. The molecule has 1 aliphatic rings. The first-order chi connectivity index (χ1) is 17.3. The highest BCUT2D eigenvalue weighted by atomic mass is 35.5. The Hall–Kier alpha value is -4.28. The van der Waals surface area contributed by atoms with E-state index < -0.39 is 36.3 Å². The van der Waals surface area contributed by atoms with Gasteiger partial charge in [-0.15, -0.1) is 0 Å². The molecule has 10 nitrogen and oxygen atoms in total. The maximum atomic E-state index is 13.7. The van der Waals surface area contributed by atoms with Gasteiger partial charge in [-0.05, 0) is 48.0 Å². The molecule has 1 atom stereocenters. The largest absolute Gasteiger partial charge is 0.478 e. The van der Waals surface area contributed by atoms with E-state index in [2.05, 4.69) is 15.6 Å². The number of nitrogens with zero attached hydrogens (tertiary/aromatic N) is 2. The number of hydrogen-bond acceptors (Lipinski definition) is 6. The molecule has 1 aliphatic heterocycles. The first-order valence-corrected chi connectivity index (χ1v) is 11.2. The van der Waals surface area contributed by atoms with Crippen LogP contribution in [0.3, 0.4) is 0 Å². The number of amides is 3. The first kappa shape index (κ1) is 24.8. The summed E-state index contributed by atoms with van der Waals surface area (Å²) in [5.41, 5.74) is 1.34. The Balaban J connectivity index is 1.75. The van der Waals surface area contributed by atoms with Gasteiger partial charge in [0.1, 0.15) is 12.6 Å². The molecule has 1 aromatic heterocycles. The molecule has 2 aromatic carbocycles. The fraction of sp³-hybridized carbons (Fsp3) is 0.160. The molecule has 4 rings (SSSR count). The summed E-state index contributed by atoms with van der Waals surface area (Å²) in [5.74, 6) is -2.95. The number of benzene rings is 2. The topological polar surface area (TPSA) is 149 Å². The van der Waals surface area contributed by atoms with Crippen molar-refractivity contribution in [2.24, 2.45) is 0 Å². The molecule has 0 radical (unpaired) electrons. The molecule has 3 aromatic rings. The standard InChI is InChI=1S/C25H21ClN4O6/c26-15-5-7-17-20(10-15)29-23(33)21(11-16-3-1-2-8-27-16)30(24(17)34)12-14-4-6-18(25(35)36)19(9-14)28-22(32)13-31/h1-10,21,31H,11-13H2,(H,28,32)(H,29,33)(H,35,36)/t21-/m1/s1. The maximum Gasteiger partial charge on any atom is 0.337 e. The zero-order valence-electron chi connectivity index (χ0n) is 18.8. The van der Waals surface area contributed by atoms with Crippen LogP contribution in [-0.2, 0) is 22.6 Å². The summed E-state index contributed by atoms with van der Waals surface area (Å²) >= 11 is 6.08. The van der Waals surface area contributed by atoms with Crippen molar-refractivity contribution in [3.8, 4) is 0 Å². The number of nitrogens with one attached hydrogen (secondary N) is 2. The third kappa shape index (κ3) is 5.35. The zero-order chi connectivity index (χ0) is 25.8.